The number of carbonyl (C=O) groups excluding carboxylic acids is 1. The van der Waals surface area contributed by atoms with Crippen LogP contribution in [0, 0.1) is 5.92 Å². The van der Waals surface area contributed by atoms with Crippen molar-refractivity contribution in [2.75, 3.05) is 0 Å². The highest BCUT2D eigenvalue weighted by atomic mass is 16.1. The van der Waals surface area contributed by atoms with E-state index in [1.54, 1.807) is 0 Å². The number of unbranched alkanes of at least 4 members (excludes halogenated alkanes) is 23. The fourth-order valence-corrected chi connectivity index (χ4v) is 5.47. The lowest BCUT2D eigenvalue weighted by Crippen LogP contribution is -2.02. The average Bonchev–Trinajstić information content (AvgIpc) is 2.85. The highest BCUT2D eigenvalue weighted by molar-refractivity contribution is 5.48. The highest BCUT2D eigenvalue weighted by Gasteiger charge is 2.08. The molecule has 0 aliphatic rings. The summed E-state index contributed by atoms with van der Waals surface area (Å²) in [6.07, 6.45) is 41.6. The van der Waals surface area contributed by atoms with Crippen LogP contribution >= 0.6 is 0 Å². The molecule has 0 aromatic rings. The maximum atomic E-state index is 10.7. The van der Waals surface area contributed by atoms with Crippen LogP contribution in [0.3, 0.4) is 0 Å². The summed E-state index contributed by atoms with van der Waals surface area (Å²) in [5.41, 5.74) is 0. The molecule has 0 aliphatic carbocycles. The molecule has 0 aromatic carbocycles. The van der Waals surface area contributed by atoms with Gasteiger partial charge in [0.25, 0.3) is 0 Å². The van der Waals surface area contributed by atoms with Crippen molar-refractivity contribution < 1.29 is 4.79 Å². The van der Waals surface area contributed by atoms with Gasteiger partial charge >= 0.3 is 0 Å². The maximum Gasteiger partial charge on any atom is 0.119 e. The molecule has 1 nitrogen and oxygen atoms in total. The SMILES string of the molecule is CCCCCCCCCCCCCCC(CCCC=O)CCCCCCCCCCCCCC. The molecule has 204 valence electrons. The van der Waals surface area contributed by atoms with Crippen LogP contribution in [0.5, 0.6) is 0 Å². The Bertz CT molecular complexity index is 336. The topological polar surface area (TPSA) is 17.1 Å². The Balaban J connectivity index is 3.59. The summed E-state index contributed by atoms with van der Waals surface area (Å²) in [6.45, 7) is 4.60. The average molecular weight is 479 g/mol. The van der Waals surface area contributed by atoms with Crippen LogP contribution in [0.15, 0.2) is 0 Å². The molecular formula is C33H66O. The van der Waals surface area contributed by atoms with E-state index in [-0.39, 0.29) is 0 Å². The first-order valence-corrected chi connectivity index (χ1v) is 16.3. The first kappa shape index (κ1) is 33.7. The maximum absolute atomic E-state index is 10.7. The minimum atomic E-state index is 0.771. The molecule has 0 heterocycles. The first-order valence-electron chi connectivity index (χ1n) is 16.3. The normalized spacial score (nSPS) is 11.5. The largest absolute Gasteiger partial charge is 0.303 e. The predicted molar refractivity (Wildman–Crippen MR) is 155 cm³/mol. The zero-order valence-electron chi connectivity index (χ0n) is 24.1. The van der Waals surface area contributed by atoms with Gasteiger partial charge in [-0.1, -0.05) is 187 Å². The van der Waals surface area contributed by atoms with Crippen molar-refractivity contribution in [1.82, 2.24) is 0 Å². The van der Waals surface area contributed by atoms with Gasteiger partial charge in [-0.25, -0.2) is 0 Å². The Morgan fingerprint density at radius 3 is 0.941 bits per heavy atom. The van der Waals surface area contributed by atoms with Gasteiger partial charge in [-0.05, 0) is 12.3 Å². The van der Waals surface area contributed by atoms with Crippen LogP contribution in [0.1, 0.15) is 200 Å². The Kier molecular flexibility index (Phi) is 30.4. The van der Waals surface area contributed by atoms with Gasteiger partial charge in [-0.3, -0.25) is 0 Å². The fraction of sp³-hybridized carbons (Fsp3) is 0.970. The number of aldehydes is 1. The van der Waals surface area contributed by atoms with Gasteiger partial charge in [-0.2, -0.15) is 0 Å². The third kappa shape index (κ3) is 27.9. The summed E-state index contributed by atoms with van der Waals surface area (Å²) in [5.74, 6) is 0.881. The second-order valence-corrected chi connectivity index (χ2v) is 11.3. The summed E-state index contributed by atoms with van der Waals surface area (Å²) >= 11 is 0. The molecule has 0 spiro atoms. The van der Waals surface area contributed by atoms with Crippen LogP contribution in [-0.2, 0) is 4.79 Å². The molecule has 0 unspecified atom stereocenters. The zero-order chi connectivity index (χ0) is 24.8. The Morgan fingerprint density at radius 1 is 0.382 bits per heavy atom. The molecule has 0 amide bonds. The summed E-state index contributed by atoms with van der Waals surface area (Å²) in [5, 5.41) is 0. The molecule has 0 saturated heterocycles. The fourth-order valence-electron chi connectivity index (χ4n) is 5.47. The molecule has 0 fully saturated rings. The van der Waals surface area contributed by atoms with E-state index < -0.39 is 0 Å². The summed E-state index contributed by atoms with van der Waals surface area (Å²) in [4.78, 5) is 10.7. The molecule has 0 rings (SSSR count). The first-order chi connectivity index (χ1) is 16.8. The van der Waals surface area contributed by atoms with Gasteiger partial charge in [-0.15, -0.1) is 0 Å². The highest BCUT2D eigenvalue weighted by Crippen LogP contribution is 2.24. The van der Waals surface area contributed by atoms with Gasteiger partial charge in [0, 0.05) is 6.42 Å². The lowest BCUT2D eigenvalue weighted by atomic mass is 9.90. The monoisotopic (exact) mass is 479 g/mol. The smallest absolute Gasteiger partial charge is 0.119 e. The lowest BCUT2D eigenvalue weighted by Gasteiger charge is -2.16. The molecular weight excluding hydrogens is 412 g/mol. The molecule has 0 aromatic heterocycles. The quantitative estimate of drug-likeness (QED) is 0.0740. The van der Waals surface area contributed by atoms with E-state index in [1.807, 2.05) is 0 Å². The Labute approximate surface area is 217 Å². The lowest BCUT2D eigenvalue weighted by molar-refractivity contribution is -0.108. The van der Waals surface area contributed by atoms with Crippen molar-refractivity contribution in [3.8, 4) is 0 Å². The molecule has 1 heteroatoms. The van der Waals surface area contributed by atoms with Crippen molar-refractivity contribution in [1.29, 1.82) is 0 Å². The molecule has 0 atom stereocenters. The van der Waals surface area contributed by atoms with E-state index in [4.69, 9.17) is 0 Å². The number of rotatable bonds is 30. The van der Waals surface area contributed by atoms with Gasteiger partial charge in [0.1, 0.15) is 6.29 Å². The number of hydrogen-bond donors (Lipinski definition) is 0. The molecule has 34 heavy (non-hydrogen) atoms. The number of hydrogen-bond acceptors (Lipinski definition) is 1. The Hall–Kier alpha value is -0.330. The van der Waals surface area contributed by atoms with E-state index >= 15 is 0 Å². The van der Waals surface area contributed by atoms with Crippen molar-refractivity contribution >= 4 is 6.29 Å². The van der Waals surface area contributed by atoms with Crippen molar-refractivity contribution in [2.24, 2.45) is 5.92 Å². The predicted octanol–water partition coefficient (Wildman–Crippen LogP) is 12.2. The minimum Gasteiger partial charge on any atom is -0.303 e. The van der Waals surface area contributed by atoms with Crippen LogP contribution in [0.2, 0.25) is 0 Å². The van der Waals surface area contributed by atoms with Crippen molar-refractivity contribution in [3.05, 3.63) is 0 Å². The van der Waals surface area contributed by atoms with Gasteiger partial charge in [0.15, 0.2) is 0 Å². The second-order valence-electron chi connectivity index (χ2n) is 11.3. The van der Waals surface area contributed by atoms with Gasteiger partial charge in [0.05, 0.1) is 0 Å². The summed E-state index contributed by atoms with van der Waals surface area (Å²) in [6, 6.07) is 0. The summed E-state index contributed by atoms with van der Waals surface area (Å²) in [7, 11) is 0. The number of carbonyl (C=O) groups is 1. The van der Waals surface area contributed by atoms with E-state index in [9.17, 15) is 4.79 Å². The van der Waals surface area contributed by atoms with E-state index in [1.165, 1.54) is 173 Å². The van der Waals surface area contributed by atoms with Crippen LogP contribution in [0.25, 0.3) is 0 Å². The molecule has 0 aliphatic heterocycles. The van der Waals surface area contributed by atoms with Crippen molar-refractivity contribution in [2.45, 2.75) is 200 Å². The van der Waals surface area contributed by atoms with E-state index in [0.717, 1.165) is 25.0 Å². The van der Waals surface area contributed by atoms with Crippen molar-refractivity contribution in [3.63, 3.8) is 0 Å². The zero-order valence-corrected chi connectivity index (χ0v) is 24.1. The van der Waals surface area contributed by atoms with Crippen LogP contribution in [0.4, 0.5) is 0 Å². The third-order valence-electron chi connectivity index (χ3n) is 7.87. The molecule has 0 bridgehead atoms. The standard InChI is InChI=1S/C33H66O/c1-3-5-7-9-11-13-15-17-19-21-23-25-29-33(31-27-28-32-34)30-26-24-22-20-18-16-14-12-10-8-6-4-2/h32-33H,3-31H2,1-2H3. The third-order valence-corrected chi connectivity index (χ3v) is 7.87. The van der Waals surface area contributed by atoms with Gasteiger partial charge < -0.3 is 4.79 Å². The van der Waals surface area contributed by atoms with E-state index in [2.05, 4.69) is 13.8 Å². The molecule has 0 saturated carbocycles. The summed E-state index contributed by atoms with van der Waals surface area (Å²) < 4.78 is 0. The van der Waals surface area contributed by atoms with Crippen LogP contribution in [-0.4, -0.2) is 6.29 Å². The Morgan fingerprint density at radius 2 is 0.647 bits per heavy atom. The van der Waals surface area contributed by atoms with E-state index in [0.29, 0.717) is 0 Å². The van der Waals surface area contributed by atoms with Crippen LogP contribution < -0.4 is 0 Å². The molecule has 0 N–H and O–H groups in total. The molecule has 0 radical (unpaired) electrons. The second kappa shape index (κ2) is 30.7. The van der Waals surface area contributed by atoms with Gasteiger partial charge in [0.2, 0.25) is 0 Å². The minimum absolute atomic E-state index is 0.771.